The molecule has 0 bridgehead atoms. The third kappa shape index (κ3) is 3.73. The van der Waals surface area contributed by atoms with Crippen molar-refractivity contribution in [3.8, 4) is 0 Å². The summed E-state index contributed by atoms with van der Waals surface area (Å²) in [6, 6.07) is 0. The number of hydrogen-bond acceptors (Lipinski definition) is 1. The summed E-state index contributed by atoms with van der Waals surface area (Å²) in [6.45, 7) is 13.1. The van der Waals surface area contributed by atoms with Crippen molar-refractivity contribution in [2.24, 2.45) is 11.8 Å². The molecule has 1 saturated heterocycles. The molecule has 1 aliphatic rings. The Kier molecular flexibility index (Phi) is 4.93. The molecule has 0 N–H and O–H groups in total. The van der Waals surface area contributed by atoms with Gasteiger partial charge in [0, 0.05) is 18.8 Å². The zero-order valence-corrected chi connectivity index (χ0v) is 10.5. The van der Waals surface area contributed by atoms with Crippen molar-refractivity contribution < 1.29 is 0 Å². The Morgan fingerprint density at radius 2 is 2.07 bits per heavy atom. The molecule has 1 aliphatic heterocycles. The standard InChI is InChI=1S/C14H25N/c1-5-12(3)11-14(6-2)15-9-7-13(4)8-10-15/h5-6,12-13H,1,7-11H2,2-4H3/b14-6+. The molecule has 1 unspecified atom stereocenters. The maximum Gasteiger partial charge on any atom is 0.0177 e. The summed E-state index contributed by atoms with van der Waals surface area (Å²) in [5.74, 6) is 1.51. The Bertz CT molecular complexity index is 221. The van der Waals surface area contributed by atoms with Gasteiger partial charge in [-0.15, -0.1) is 6.58 Å². The molecule has 0 spiro atoms. The third-order valence-corrected chi connectivity index (χ3v) is 3.46. The van der Waals surface area contributed by atoms with Crippen LogP contribution in [0.2, 0.25) is 0 Å². The summed E-state index contributed by atoms with van der Waals surface area (Å²) in [5, 5.41) is 0. The van der Waals surface area contributed by atoms with E-state index < -0.39 is 0 Å². The highest BCUT2D eigenvalue weighted by molar-refractivity contribution is 5.03. The zero-order chi connectivity index (χ0) is 11.3. The SMILES string of the molecule is C=CC(C)C/C(=C\C)N1CCC(C)CC1. The highest BCUT2D eigenvalue weighted by Gasteiger charge is 2.17. The van der Waals surface area contributed by atoms with E-state index in [4.69, 9.17) is 0 Å². The second-order valence-corrected chi connectivity index (χ2v) is 4.87. The lowest BCUT2D eigenvalue weighted by Crippen LogP contribution is -2.32. The minimum absolute atomic E-state index is 0.593. The van der Waals surface area contributed by atoms with Crippen molar-refractivity contribution in [1.29, 1.82) is 0 Å². The van der Waals surface area contributed by atoms with E-state index in [-0.39, 0.29) is 0 Å². The first kappa shape index (κ1) is 12.4. The second kappa shape index (κ2) is 5.99. The summed E-state index contributed by atoms with van der Waals surface area (Å²) in [4.78, 5) is 2.56. The molecule has 86 valence electrons. The maximum absolute atomic E-state index is 3.86. The summed E-state index contributed by atoms with van der Waals surface area (Å²) in [7, 11) is 0. The van der Waals surface area contributed by atoms with E-state index in [2.05, 4.69) is 44.4 Å². The van der Waals surface area contributed by atoms with Crippen LogP contribution >= 0.6 is 0 Å². The lowest BCUT2D eigenvalue weighted by molar-refractivity contribution is 0.228. The summed E-state index contributed by atoms with van der Waals surface area (Å²) in [6.07, 6.45) is 8.17. The van der Waals surface area contributed by atoms with Crippen LogP contribution in [0.25, 0.3) is 0 Å². The molecule has 0 aromatic carbocycles. The molecule has 1 rings (SSSR count). The lowest BCUT2D eigenvalue weighted by Gasteiger charge is -2.34. The number of rotatable bonds is 4. The van der Waals surface area contributed by atoms with Gasteiger partial charge in [-0.1, -0.05) is 26.0 Å². The molecule has 0 amide bonds. The first-order valence-corrected chi connectivity index (χ1v) is 6.20. The van der Waals surface area contributed by atoms with Crippen LogP contribution in [0.4, 0.5) is 0 Å². The van der Waals surface area contributed by atoms with Crippen LogP contribution < -0.4 is 0 Å². The number of piperidine rings is 1. The van der Waals surface area contributed by atoms with Crippen molar-refractivity contribution in [2.75, 3.05) is 13.1 Å². The Hall–Kier alpha value is -0.720. The summed E-state index contributed by atoms with van der Waals surface area (Å²) in [5.41, 5.74) is 1.51. The molecule has 1 heterocycles. The van der Waals surface area contributed by atoms with Gasteiger partial charge in [0.1, 0.15) is 0 Å². The number of allylic oxidation sites excluding steroid dienone is 3. The Morgan fingerprint density at radius 3 is 2.53 bits per heavy atom. The van der Waals surface area contributed by atoms with Crippen molar-refractivity contribution in [2.45, 2.75) is 40.0 Å². The van der Waals surface area contributed by atoms with Crippen molar-refractivity contribution in [3.05, 3.63) is 24.4 Å². The van der Waals surface area contributed by atoms with Crippen molar-refractivity contribution in [3.63, 3.8) is 0 Å². The molecule has 15 heavy (non-hydrogen) atoms. The molecule has 0 aromatic rings. The molecule has 1 nitrogen and oxygen atoms in total. The van der Waals surface area contributed by atoms with Gasteiger partial charge >= 0.3 is 0 Å². The first-order valence-electron chi connectivity index (χ1n) is 6.20. The van der Waals surface area contributed by atoms with Crippen LogP contribution in [0.1, 0.15) is 40.0 Å². The molecular formula is C14H25N. The molecule has 0 saturated carbocycles. The van der Waals surface area contributed by atoms with Gasteiger partial charge in [0.15, 0.2) is 0 Å². The average molecular weight is 207 g/mol. The second-order valence-electron chi connectivity index (χ2n) is 4.87. The van der Waals surface area contributed by atoms with Gasteiger partial charge in [-0.05, 0) is 38.0 Å². The smallest absolute Gasteiger partial charge is 0.0177 e. The average Bonchev–Trinajstić information content (AvgIpc) is 2.27. The Labute approximate surface area is 94.9 Å². The van der Waals surface area contributed by atoms with Gasteiger partial charge in [-0.3, -0.25) is 0 Å². The van der Waals surface area contributed by atoms with E-state index in [0.29, 0.717) is 5.92 Å². The molecule has 1 atom stereocenters. The fourth-order valence-electron chi connectivity index (χ4n) is 2.14. The van der Waals surface area contributed by atoms with Gasteiger partial charge in [0.2, 0.25) is 0 Å². The lowest BCUT2D eigenvalue weighted by atomic mass is 9.97. The molecule has 0 radical (unpaired) electrons. The summed E-state index contributed by atoms with van der Waals surface area (Å²) >= 11 is 0. The van der Waals surface area contributed by atoms with E-state index in [0.717, 1.165) is 12.3 Å². The van der Waals surface area contributed by atoms with Gasteiger partial charge < -0.3 is 4.90 Å². The normalized spacial score (nSPS) is 21.5. The van der Waals surface area contributed by atoms with Crippen molar-refractivity contribution in [1.82, 2.24) is 4.90 Å². The highest BCUT2D eigenvalue weighted by atomic mass is 15.1. The minimum atomic E-state index is 0.593. The van der Waals surface area contributed by atoms with E-state index in [1.807, 2.05) is 0 Å². The van der Waals surface area contributed by atoms with Gasteiger partial charge in [-0.25, -0.2) is 0 Å². The van der Waals surface area contributed by atoms with Crippen LogP contribution in [0, 0.1) is 11.8 Å². The quantitative estimate of drug-likeness (QED) is 0.633. The topological polar surface area (TPSA) is 3.24 Å². The third-order valence-electron chi connectivity index (χ3n) is 3.46. The highest BCUT2D eigenvalue weighted by Crippen LogP contribution is 2.23. The minimum Gasteiger partial charge on any atom is -0.375 e. The van der Waals surface area contributed by atoms with E-state index >= 15 is 0 Å². The molecule has 1 fully saturated rings. The molecule has 0 aromatic heterocycles. The van der Waals surface area contributed by atoms with E-state index in [1.54, 1.807) is 0 Å². The molecule has 1 heteroatoms. The van der Waals surface area contributed by atoms with Gasteiger partial charge in [-0.2, -0.15) is 0 Å². The van der Waals surface area contributed by atoms with Gasteiger partial charge in [0.25, 0.3) is 0 Å². The fourth-order valence-corrected chi connectivity index (χ4v) is 2.14. The monoisotopic (exact) mass is 207 g/mol. The predicted octanol–water partition coefficient (Wildman–Crippen LogP) is 3.83. The van der Waals surface area contributed by atoms with Crippen LogP contribution in [0.3, 0.4) is 0 Å². The predicted molar refractivity (Wildman–Crippen MR) is 67.7 cm³/mol. The van der Waals surface area contributed by atoms with Gasteiger partial charge in [0.05, 0.1) is 0 Å². The maximum atomic E-state index is 3.86. The number of likely N-dealkylation sites (tertiary alicyclic amines) is 1. The van der Waals surface area contributed by atoms with E-state index in [9.17, 15) is 0 Å². The number of hydrogen-bond donors (Lipinski definition) is 0. The van der Waals surface area contributed by atoms with Crippen LogP contribution in [0.15, 0.2) is 24.4 Å². The summed E-state index contributed by atoms with van der Waals surface area (Å²) < 4.78 is 0. The fraction of sp³-hybridized carbons (Fsp3) is 0.714. The molecule has 0 aliphatic carbocycles. The molecular weight excluding hydrogens is 182 g/mol. The Balaban J connectivity index is 2.49. The zero-order valence-electron chi connectivity index (χ0n) is 10.5. The first-order chi connectivity index (χ1) is 7.17. The largest absolute Gasteiger partial charge is 0.375 e. The van der Waals surface area contributed by atoms with Crippen LogP contribution in [-0.4, -0.2) is 18.0 Å². The number of nitrogens with zero attached hydrogens (tertiary/aromatic N) is 1. The van der Waals surface area contributed by atoms with Crippen molar-refractivity contribution >= 4 is 0 Å². The van der Waals surface area contributed by atoms with E-state index in [1.165, 1.54) is 31.6 Å². The Morgan fingerprint density at radius 1 is 1.47 bits per heavy atom. The van der Waals surface area contributed by atoms with Crippen LogP contribution in [0.5, 0.6) is 0 Å². The van der Waals surface area contributed by atoms with Crippen LogP contribution in [-0.2, 0) is 0 Å².